The van der Waals surface area contributed by atoms with Gasteiger partial charge in [0.15, 0.2) is 0 Å². The van der Waals surface area contributed by atoms with Gasteiger partial charge in [-0.15, -0.1) is 0 Å². The Morgan fingerprint density at radius 3 is 2.44 bits per heavy atom. The van der Waals surface area contributed by atoms with E-state index in [9.17, 15) is 4.79 Å². The van der Waals surface area contributed by atoms with Gasteiger partial charge in [-0.25, -0.2) is 4.79 Å². The van der Waals surface area contributed by atoms with E-state index in [4.69, 9.17) is 4.74 Å². The third kappa shape index (κ3) is 3.48. The van der Waals surface area contributed by atoms with Crippen molar-refractivity contribution < 1.29 is 9.53 Å². The molecule has 0 fully saturated rings. The Bertz CT molecular complexity index is 432. The second-order valence-electron chi connectivity index (χ2n) is 5.61. The van der Waals surface area contributed by atoms with E-state index >= 15 is 0 Å². The van der Waals surface area contributed by atoms with E-state index in [1.165, 1.54) is 0 Å². The van der Waals surface area contributed by atoms with Gasteiger partial charge in [-0.2, -0.15) is 5.10 Å². The van der Waals surface area contributed by atoms with Crippen LogP contribution >= 0.6 is 0 Å². The van der Waals surface area contributed by atoms with Crippen molar-refractivity contribution in [2.24, 2.45) is 7.05 Å². The normalized spacial score (nSPS) is 13.3. The Kier molecular flexibility index (Phi) is 4.04. The Labute approximate surface area is 109 Å². The maximum Gasteiger partial charge on any atom is 0.410 e. The van der Waals surface area contributed by atoms with Gasteiger partial charge in [-0.3, -0.25) is 4.68 Å². The van der Waals surface area contributed by atoms with Gasteiger partial charge in [-0.1, -0.05) is 0 Å². The zero-order valence-corrected chi connectivity index (χ0v) is 12.3. The largest absolute Gasteiger partial charge is 0.444 e. The molecule has 0 saturated heterocycles. The maximum absolute atomic E-state index is 12.0. The summed E-state index contributed by atoms with van der Waals surface area (Å²) in [5.41, 5.74) is 1.49. The fourth-order valence-electron chi connectivity index (χ4n) is 1.73. The molecular formula is C13H23N3O2. The van der Waals surface area contributed by atoms with E-state index in [-0.39, 0.29) is 12.1 Å². The fraction of sp³-hybridized carbons (Fsp3) is 0.692. The summed E-state index contributed by atoms with van der Waals surface area (Å²) in [7, 11) is 3.61. The molecule has 5 heteroatoms. The van der Waals surface area contributed by atoms with Crippen LogP contribution in [0.1, 0.15) is 45.0 Å². The summed E-state index contributed by atoms with van der Waals surface area (Å²) in [6.45, 7) is 9.49. The van der Waals surface area contributed by atoms with Gasteiger partial charge in [0, 0.05) is 25.9 Å². The van der Waals surface area contributed by atoms with Crippen molar-refractivity contribution in [2.75, 3.05) is 7.05 Å². The first-order chi connectivity index (χ1) is 8.11. The summed E-state index contributed by atoms with van der Waals surface area (Å²) in [6.07, 6.45) is 1.61. The second kappa shape index (κ2) is 5.00. The van der Waals surface area contributed by atoms with Crippen molar-refractivity contribution in [3.05, 3.63) is 17.5 Å². The molecule has 0 saturated carbocycles. The molecule has 0 N–H and O–H groups in total. The van der Waals surface area contributed by atoms with Crippen LogP contribution in [0, 0.1) is 6.92 Å². The molecule has 0 bridgehead atoms. The van der Waals surface area contributed by atoms with Gasteiger partial charge in [0.1, 0.15) is 5.60 Å². The zero-order valence-electron chi connectivity index (χ0n) is 12.3. The van der Waals surface area contributed by atoms with Crippen LogP contribution in [-0.4, -0.2) is 33.4 Å². The lowest BCUT2D eigenvalue weighted by molar-refractivity contribution is 0.0233. The first-order valence-corrected chi connectivity index (χ1v) is 6.08. The monoisotopic (exact) mass is 253 g/mol. The molecule has 0 spiro atoms. The summed E-state index contributed by atoms with van der Waals surface area (Å²) >= 11 is 0. The third-order valence-electron chi connectivity index (χ3n) is 2.76. The van der Waals surface area contributed by atoms with Crippen LogP contribution in [-0.2, 0) is 11.8 Å². The highest BCUT2D eigenvalue weighted by Crippen LogP contribution is 2.23. The van der Waals surface area contributed by atoms with Crippen molar-refractivity contribution in [1.29, 1.82) is 0 Å². The predicted octanol–water partition coefficient (Wildman–Crippen LogP) is 2.66. The van der Waals surface area contributed by atoms with E-state index in [0.717, 1.165) is 11.3 Å². The molecule has 1 unspecified atom stereocenters. The van der Waals surface area contributed by atoms with Crippen LogP contribution in [0.5, 0.6) is 0 Å². The van der Waals surface area contributed by atoms with Gasteiger partial charge in [0.05, 0.1) is 11.7 Å². The number of rotatable bonds is 2. The minimum atomic E-state index is -0.477. The van der Waals surface area contributed by atoms with Gasteiger partial charge in [0.25, 0.3) is 0 Å². The van der Waals surface area contributed by atoms with Crippen LogP contribution in [0.25, 0.3) is 0 Å². The van der Waals surface area contributed by atoms with E-state index in [0.29, 0.717) is 0 Å². The summed E-state index contributed by atoms with van der Waals surface area (Å²) in [5, 5.41) is 4.29. The number of nitrogens with zero attached hydrogens (tertiary/aromatic N) is 3. The first-order valence-electron chi connectivity index (χ1n) is 6.08. The highest BCUT2D eigenvalue weighted by Gasteiger charge is 2.25. The molecule has 0 aromatic carbocycles. The molecule has 18 heavy (non-hydrogen) atoms. The summed E-state index contributed by atoms with van der Waals surface area (Å²) in [6, 6.07) is -0.0615. The van der Waals surface area contributed by atoms with Gasteiger partial charge >= 0.3 is 6.09 Å². The molecule has 102 valence electrons. The Hall–Kier alpha value is -1.52. The van der Waals surface area contributed by atoms with Crippen molar-refractivity contribution in [3.63, 3.8) is 0 Å². The van der Waals surface area contributed by atoms with Crippen molar-refractivity contribution in [3.8, 4) is 0 Å². The predicted molar refractivity (Wildman–Crippen MR) is 70.4 cm³/mol. The van der Waals surface area contributed by atoms with E-state index in [2.05, 4.69) is 5.10 Å². The minimum Gasteiger partial charge on any atom is -0.444 e. The fourth-order valence-corrected chi connectivity index (χ4v) is 1.73. The van der Waals surface area contributed by atoms with Crippen molar-refractivity contribution >= 4 is 6.09 Å². The number of carbonyl (C=O) groups is 1. The quantitative estimate of drug-likeness (QED) is 0.814. The molecule has 0 radical (unpaired) electrons. The molecule has 1 amide bonds. The van der Waals surface area contributed by atoms with E-state index in [1.807, 2.05) is 47.9 Å². The van der Waals surface area contributed by atoms with E-state index in [1.54, 1.807) is 16.6 Å². The zero-order chi connectivity index (χ0) is 14.1. The van der Waals surface area contributed by atoms with Crippen molar-refractivity contribution in [2.45, 2.75) is 46.3 Å². The Balaban J connectivity index is 2.81. The molecule has 1 rings (SSSR count). The number of aromatic nitrogens is 2. The lowest BCUT2D eigenvalue weighted by Crippen LogP contribution is -2.35. The molecule has 1 aromatic heterocycles. The van der Waals surface area contributed by atoms with Crippen LogP contribution in [0.15, 0.2) is 6.20 Å². The lowest BCUT2D eigenvalue weighted by atomic mass is 10.1. The lowest BCUT2D eigenvalue weighted by Gasteiger charge is -2.28. The second-order valence-corrected chi connectivity index (χ2v) is 5.61. The molecule has 0 aliphatic heterocycles. The number of aryl methyl sites for hydroxylation is 2. The average Bonchev–Trinajstić information content (AvgIpc) is 2.53. The molecule has 1 aromatic rings. The number of hydrogen-bond acceptors (Lipinski definition) is 3. The molecule has 0 aliphatic rings. The van der Waals surface area contributed by atoms with Crippen LogP contribution in [0.3, 0.4) is 0 Å². The highest BCUT2D eigenvalue weighted by molar-refractivity contribution is 5.68. The van der Waals surface area contributed by atoms with Crippen molar-refractivity contribution in [1.82, 2.24) is 14.7 Å². The topological polar surface area (TPSA) is 47.4 Å². The summed E-state index contributed by atoms with van der Waals surface area (Å²) in [4.78, 5) is 13.6. The average molecular weight is 253 g/mol. The number of carbonyl (C=O) groups excluding carboxylic acids is 1. The molecule has 1 heterocycles. The minimum absolute atomic E-state index is 0.0615. The first kappa shape index (κ1) is 14.5. The van der Waals surface area contributed by atoms with Gasteiger partial charge < -0.3 is 9.64 Å². The van der Waals surface area contributed by atoms with Crippen LogP contribution in [0.2, 0.25) is 0 Å². The van der Waals surface area contributed by atoms with Crippen LogP contribution < -0.4 is 0 Å². The molecule has 5 nitrogen and oxygen atoms in total. The number of amides is 1. The van der Waals surface area contributed by atoms with E-state index < -0.39 is 5.60 Å². The Morgan fingerprint density at radius 1 is 1.50 bits per heavy atom. The third-order valence-corrected chi connectivity index (χ3v) is 2.76. The Morgan fingerprint density at radius 2 is 2.06 bits per heavy atom. The number of ether oxygens (including phenoxy) is 1. The molecular weight excluding hydrogens is 230 g/mol. The SMILES string of the molecule is Cc1nn(C)cc1C(C)N(C)C(=O)OC(C)(C)C. The standard InChI is InChI=1S/C13H23N3O2/c1-9-11(8-15(6)14-9)10(2)16(7)12(17)18-13(3,4)5/h8,10H,1-7H3. The maximum atomic E-state index is 12.0. The smallest absolute Gasteiger partial charge is 0.410 e. The highest BCUT2D eigenvalue weighted by atomic mass is 16.6. The summed E-state index contributed by atoms with van der Waals surface area (Å²) in [5.74, 6) is 0. The molecule has 1 atom stereocenters. The van der Waals surface area contributed by atoms with Gasteiger partial charge in [-0.05, 0) is 34.6 Å². The van der Waals surface area contributed by atoms with Crippen LogP contribution in [0.4, 0.5) is 4.79 Å². The van der Waals surface area contributed by atoms with Gasteiger partial charge in [0.2, 0.25) is 0 Å². The molecule has 0 aliphatic carbocycles. The number of hydrogen-bond donors (Lipinski definition) is 0. The summed E-state index contributed by atoms with van der Waals surface area (Å²) < 4.78 is 7.10.